The first-order valence-corrected chi connectivity index (χ1v) is 6.39. The summed E-state index contributed by atoms with van der Waals surface area (Å²) in [5, 5.41) is 22.5. The molecule has 0 aliphatic rings. The van der Waals surface area contributed by atoms with E-state index in [4.69, 9.17) is 10.4 Å². The molecule has 7 heteroatoms. The minimum Gasteiger partial charge on any atom is -0.480 e. The number of halogens is 1. The number of carboxylic acid groups (broad SMARTS) is 1. The molecule has 21 heavy (non-hydrogen) atoms. The molecule has 6 nitrogen and oxygen atoms in total. The van der Waals surface area contributed by atoms with Gasteiger partial charge in [0.15, 0.2) is 0 Å². The first-order chi connectivity index (χ1) is 9.88. The standard InChI is InChI=1S/C14H16FN3O3/c1-3-8(2)12(13(19)20)18-14(21)17-10-4-5-11(15)9(6-10)7-16/h4-6,8,12H,3H2,1-2H3,(H,19,20)(H2,17,18,21)/t8-,12-/m0/s1. The van der Waals surface area contributed by atoms with Gasteiger partial charge in [-0.15, -0.1) is 0 Å². The quantitative estimate of drug-likeness (QED) is 0.775. The van der Waals surface area contributed by atoms with E-state index in [2.05, 4.69) is 10.6 Å². The predicted octanol–water partition coefficient (Wildman–Crippen LogP) is 2.32. The summed E-state index contributed by atoms with van der Waals surface area (Å²) >= 11 is 0. The van der Waals surface area contributed by atoms with Crippen LogP contribution in [0.25, 0.3) is 0 Å². The van der Waals surface area contributed by atoms with Gasteiger partial charge >= 0.3 is 12.0 Å². The third-order valence-electron chi connectivity index (χ3n) is 3.11. The summed E-state index contributed by atoms with van der Waals surface area (Å²) in [5.74, 6) is -2.06. The molecular formula is C14H16FN3O3. The Morgan fingerprint density at radius 3 is 2.67 bits per heavy atom. The zero-order valence-electron chi connectivity index (χ0n) is 11.7. The van der Waals surface area contributed by atoms with Crippen molar-refractivity contribution in [3.63, 3.8) is 0 Å². The fraction of sp³-hybridized carbons (Fsp3) is 0.357. The van der Waals surface area contributed by atoms with Crippen LogP contribution in [0.15, 0.2) is 18.2 Å². The van der Waals surface area contributed by atoms with Crippen LogP contribution < -0.4 is 10.6 Å². The first-order valence-electron chi connectivity index (χ1n) is 6.39. The normalized spacial score (nSPS) is 12.9. The van der Waals surface area contributed by atoms with Gasteiger partial charge in [-0.1, -0.05) is 20.3 Å². The molecule has 1 aromatic rings. The highest BCUT2D eigenvalue weighted by molar-refractivity contribution is 5.92. The van der Waals surface area contributed by atoms with E-state index >= 15 is 0 Å². The Kier molecular flexibility index (Phi) is 5.67. The fourth-order valence-corrected chi connectivity index (χ4v) is 1.68. The van der Waals surface area contributed by atoms with Crippen molar-refractivity contribution in [2.45, 2.75) is 26.3 Å². The molecule has 0 saturated carbocycles. The Morgan fingerprint density at radius 2 is 2.14 bits per heavy atom. The number of hydrogen-bond donors (Lipinski definition) is 3. The van der Waals surface area contributed by atoms with Crippen molar-refractivity contribution < 1.29 is 19.1 Å². The highest BCUT2D eigenvalue weighted by Gasteiger charge is 2.25. The summed E-state index contributed by atoms with van der Waals surface area (Å²) in [6.07, 6.45) is 0.590. The number of carboxylic acids is 1. The molecule has 2 amide bonds. The number of amides is 2. The topological polar surface area (TPSA) is 102 Å². The maximum atomic E-state index is 13.1. The molecule has 0 heterocycles. The smallest absolute Gasteiger partial charge is 0.326 e. The largest absolute Gasteiger partial charge is 0.480 e. The summed E-state index contributed by atoms with van der Waals surface area (Å²) in [7, 11) is 0. The lowest BCUT2D eigenvalue weighted by atomic mass is 9.99. The van der Waals surface area contributed by atoms with Crippen LogP contribution in [-0.2, 0) is 4.79 Å². The number of carbonyl (C=O) groups is 2. The number of nitriles is 1. The number of anilines is 1. The zero-order chi connectivity index (χ0) is 16.0. The van der Waals surface area contributed by atoms with E-state index in [1.807, 2.05) is 6.92 Å². The Balaban J connectivity index is 2.77. The maximum absolute atomic E-state index is 13.1. The number of nitrogens with zero attached hydrogens (tertiary/aromatic N) is 1. The van der Waals surface area contributed by atoms with Gasteiger partial charge in [-0.2, -0.15) is 5.26 Å². The van der Waals surface area contributed by atoms with Crippen LogP contribution in [0, 0.1) is 23.1 Å². The molecule has 0 fully saturated rings. The zero-order valence-corrected chi connectivity index (χ0v) is 11.7. The summed E-state index contributed by atoms with van der Waals surface area (Å²) in [6, 6.07) is 3.42. The second-order valence-electron chi connectivity index (χ2n) is 4.61. The van der Waals surface area contributed by atoms with E-state index in [0.29, 0.717) is 6.42 Å². The van der Waals surface area contributed by atoms with Crippen LogP contribution in [0.5, 0.6) is 0 Å². The predicted molar refractivity (Wildman–Crippen MR) is 74.1 cm³/mol. The first kappa shape index (κ1) is 16.4. The highest BCUT2D eigenvalue weighted by atomic mass is 19.1. The molecule has 3 N–H and O–H groups in total. The summed E-state index contributed by atoms with van der Waals surface area (Å²) < 4.78 is 13.1. The summed E-state index contributed by atoms with van der Waals surface area (Å²) in [4.78, 5) is 22.9. The highest BCUT2D eigenvalue weighted by Crippen LogP contribution is 2.14. The molecule has 0 saturated heterocycles. The monoisotopic (exact) mass is 293 g/mol. The Labute approximate surface area is 121 Å². The van der Waals surface area contributed by atoms with E-state index in [0.717, 1.165) is 6.07 Å². The molecule has 0 aliphatic heterocycles. The van der Waals surface area contributed by atoms with Gasteiger partial charge in [0, 0.05) is 5.69 Å². The lowest BCUT2D eigenvalue weighted by Crippen LogP contribution is -2.46. The van der Waals surface area contributed by atoms with Crippen LogP contribution in [0.3, 0.4) is 0 Å². The van der Waals surface area contributed by atoms with E-state index < -0.39 is 23.9 Å². The fourth-order valence-electron chi connectivity index (χ4n) is 1.68. The summed E-state index contributed by atoms with van der Waals surface area (Å²) in [5.41, 5.74) is 0.00301. The molecule has 1 rings (SSSR count). The van der Waals surface area contributed by atoms with Crippen molar-refractivity contribution in [1.82, 2.24) is 5.32 Å². The number of urea groups is 1. The van der Waals surface area contributed by atoms with Crippen LogP contribution in [0.1, 0.15) is 25.8 Å². The van der Waals surface area contributed by atoms with Gasteiger partial charge in [-0.25, -0.2) is 14.0 Å². The van der Waals surface area contributed by atoms with E-state index in [9.17, 15) is 14.0 Å². The molecule has 2 atom stereocenters. The maximum Gasteiger partial charge on any atom is 0.326 e. The molecule has 1 aromatic carbocycles. The number of hydrogen-bond acceptors (Lipinski definition) is 3. The molecule has 0 bridgehead atoms. The lowest BCUT2D eigenvalue weighted by molar-refractivity contribution is -0.140. The number of aliphatic carboxylic acids is 1. The van der Waals surface area contributed by atoms with Crippen LogP contribution >= 0.6 is 0 Å². The van der Waals surface area contributed by atoms with Gasteiger partial charge in [-0.05, 0) is 24.1 Å². The van der Waals surface area contributed by atoms with Gasteiger partial charge in [0.2, 0.25) is 0 Å². The van der Waals surface area contributed by atoms with Crippen LogP contribution in [-0.4, -0.2) is 23.1 Å². The van der Waals surface area contributed by atoms with Crippen molar-refractivity contribution in [2.24, 2.45) is 5.92 Å². The molecule has 0 aliphatic carbocycles. The minimum atomic E-state index is -1.13. The summed E-state index contributed by atoms with van der Waals surface area (Å²) in [6.45, 7) is 3.53. The lowest BCUT2D eigenvalue weighted by Gasteiger charge is -2.20. The van der Waals surface area contributed by atoms with Gasteiger partial charge < -0.3 is 15.7 Å². The van der Waals surface area contributed by atoms with E-state index in [1.165, 1.54) is 12.1 Å². The molecule has 112 valence electrons. The Bertz CT molecular complexity index is 583. The average molecular weight is 293 g/mol. The number of rotatable bonds is 5. The minimum absolute atomic E-state index is 0.204. The van der Waals surface area contributed by atoms with Crippen molar-refractivity contribution >= 4 is 17.7 Å². The molecule has 0 aromatic heterocycles. The van der Waals surface area contributed by atoms with Crippen molar-refractivity contribution in [3.05, 3.63) is 29.6 Å². The third kappa shape index (κ3) is 4.45. The van der Waals surface area contributed by atoms with Gasteiger partial charge in [0.1, 0.15) is 17.9 Å². The SMILES string of the molecule is CC[C@H](C)[C@H](NC(=O)Nc1ccc(F)c(C#N)c1)C(=O)O. The number of benzene rings is 1. The van der Waals surface area contributed by atoms with Gasteiger partial charge in [0.05, 0.1) is 5.56 Å². The second kappa shape index (κ2) is 7.24. The molecule has 0 radical (unpaired) electrons. The van der Waals surface area contributed by atoms with Crippen molar-refractivity contribution in [2.75, 3.05) is 5.32 Å². The van der Waals surface area contributed by atoms with E-state index in [-0.39, 0.29) is 17.2 Å². The van der Waals surface area contributed by atoms with Gasteiger partial charge in [0.25, 0.3) is 0 Å². The Hall–Kier alpha value is -2.62. The van der Waals surface area contributed by atoms with Crippen molar-refractivity contribution in [1.29, 1.82) is 5.26 Å². The van der Waals surface area contributed by atoms with E-state index in [1.54, 1.807) is 13.0 Å². The van der Waals surface area contributed by atoms with Gasteiger partial charge in [-0.3, -0.25) is 0 Å². The Morgan fingerprint density at radius 1 is 1.48 bits per heavy atom. The number of nitrogens with one attached hydrogen (secondary N) is 2. The van der Waals surface area contributed by atoms with Crippen LogP contribution in [0.2, 0.25) is 0 Å². The number of carbonyl (C=O) groups excluding carboxylic acids is 1. The molecule has 0 unspecified atom stereocenters. The average Bonchev–Trinajstić information content (AvgIpc) is 2.45. The molecule has 0 spiro atoms. The van der Waals surface area contributed by atoms with Crippen molar-refractivity contribution in [3.8, 4) is 6.07 Å². The second-order valence-corrected chi connectivity index (χ2v) is 4.61. The third-order valence-corrected chi connectivity index (χ3v) is 3.11. The molecular weight excluding hydrogens is 277 g/mol. The van der Waals surface area contributed by atoms with Crippen LogP contribution in [0.4, 0.5) is 14.9 Å².